The molecule has 0 heterocycles. The third-order valence-corrected chi connectivity index (χ3v) is 1.95. The Bertz CT molecular complexity index is 252. The van der Waals surface area contributed by atoms with Crippen LogP contribution in [0.3, 0.4) is 0 Å². The SMILES string of the molecule is CC.COc1ccc(CCCC=O)cc1. The van der Waals surface area contributed by atoms with Crippen LogP contribution >= 0.6 is 0 Å². The van der Waals surface area contributed by atoms with Crippen LogP contribution in [-0.4, -0.2) is 13.4 Å². The lowest BCUT2D eigenvalue weighted by Crippen LogP contribution is -1.87. The van der Waals surface area contributed by atoms with Crippen LogP contribution in [0.2, 0.25) is 0 Å². The number of methoxy groups -OCH3 is 1. The molecule has 0 bridgehead atoms. The summed E-state index contributed by atoms with van der Waals surface area (Å²) in [6.45, 7) is 4.00. The minimum Gasteiger partial charge on any atom is -0.497 e. The predicted octanol–water partition coefficient (Wildman–Crippen LogP) is 3.24. The van der Waals surface area contributed by atoms with Crippen molar-refractivity contribution in [2.45, 2.75) is 33.1 Å². The monoisotopic (exact) mass is 208 g/mol. The van der Waals surface area contributed by atoms with E-state index in [1.807, 2.05) is 38.1 Å². The highest BCUT2D eigenvalue weighted by Crippen LogP contribution is 2.12. The molecule has 1 aromatic carbocycles. The second kappa shape index (κ2) is 9.25. The quantitative estimate of drug-likeness (QED) is 0.548. The highest BCUT2D eigenvalue weighted by atomic mass is 16.5. The van der Waals surface area contributed by atoms with Crippen molar-refractivity contribution in [3.05, 3.63) is 29.8 Å². The number of benzene rings is 1. The summed E-state index contributed by atoms with van der Waals surface area (Å²) >= 11 is 0. The second-order valence-corrected chi connectivity index (χ2v) is 2.91. The van der Waals surface area contributed by atoms with Gasteiger partial charge in [-0.15, -0.1) is 0 Å². The summed E-state index contributed by atoms with van der Waals surface area (Å²) in [5, 5.41) is 0. The van der Waals surface area contributed by atoms with Crippen molar-refractivity contribution in [3.8, 4) is 5.75 Å². The van der Waals surface area contributed by atoms with Gasteiger partial charge < -0.3 is 9.53 Å². The molecular formula is C13H20O2. The summed E-state index contributed by atoms with van der Waals surface area (Å²) in [5.41, 5.74) is 1.25. The van der Waals surface area contributed by atoms with Crippen molar-refractivity contribution in [1.82, 2.24) is 0 Å². The van der Waals surface area contributed by atoms with E-state index in [1.54, 1.807) is 7.11 Å². The number of carbonyl (C=O) groups is 1. The smallest absolute Gasteiger partial charge is 0.120 e. The molecule has 2 heteroatoms. The number of carbonyl (C=O) groups excluding carboxylic acids is 1. The van der Waals surface area contributed by atoms with Gasteiger partial charge in [0.2, 0.25) is 0 Å². The molecule has 0 spiro atoms. The fourth-order valence-electron chi connectivity index (χ4n) is 1.18. The van der Waals surface area contributed by atoms with Crippen molar-refractivity contribution >= 4 is 6.29 Å². The van der Waals surface area contributed by atoms with Crippen molar-refractivity contribution in [1.29, 1.82) is 0 Å². The molecule has 0 aliphatic rings. The Morgan fingerprint density at radius 3 is 2.27 bits per heavy atom. The van der Waals surface area contributed by atoms with E-state index in [0.717, 1.165) is 24.9 Å². The molecule has 2 nitrogen and oxygen atoms in total. The highest BCUT2D eigenvalue weighted by molar-refractivity contribution is 5.49. The average molecular weight is 208 g/mol. The zero-order valence-corrected chi connectivity index (χ0v) is 9.82. The van der Waals surface area contributed by atoms with Gasteiger partial charge in [-0.2, -0.15) is 0 Å². The van der Waals surface area contributed by atoms with Crippen molar-refractivity contribution < 1.29 is 9.53 Å². The summed E-state index contributed by atoms with van der Waals surface area (Å²) in [6.07, 6.45) is 3.49. The highest BCUT2D eigenvalue weighted by Gasteiger charge is 1.93. The van der Waals surface area contributed by atoms with E-state index in [9.17, 15) is 4.79 Å². The molecule has 0 aliphatic heterocycles. The van der Waals surface area contributed by atoms with Gasteiger partial charge in [0.05, 0.1) is 7.11 Å². The van der Waals surface area contributed by atoms with Crippen LogP contribution in [-0.2, 0) is 11.2 Å². The van der Waals surface area contributed by atoms with Gasteiger partial charge in [0, 0.05) is 6.42 Å². The summed E-state index contributed by atoms with van der Waals surface area (Å²) in [7, 11) is 1.65. The fraction of sp³-hybridized carbons (Fsp3) is 0.462. The predicted molar refractivity (Wildman–Crippen MR) is 63.3 cm³/mol. The van der Waals surface area contributed by atoms with Crippen LogP contribution in [0.15, 0.2) is 24.3 Å². The Hall–Kier alpha value is -1.31. The van der Waals surface area contributed by atoms with E-state index in [1.165, 1.54) is 5.56 Å². The van der Waals surface area contributed by atoms with Gasteiger partial charge in [0.1, 0.15) is 12.0 Å². The van der Waals surface area contributed by atoms with Gasteiger partial charge in [0.15, 0.2) is 0 Å². The van der Waals surface area contributed by atoms with Crippen molar-refractivity contribution in [2.75, 3.05) is 7.11 Å². The standard InChI is InChI=1S/C11H14O2.C2H6/c1-13-11-7-5-10(6-8-11)4-2-3-9-12;1-2/h5-9H,2-4H2,1H3;1-2H3. The van der Waals surface area contributed by atoms with E-state index in [2.05, 4.69) is 0 Å². The number of unbranched alkanes of at least 4 members (excludes halogenated alkanes) is 1. The topological polar surface area (TPSA) is 26.3 Å². The van der Waals surface area contributed by atoms with Crippen molar-refractivity contribution in [2.24, 2.45) is 0 Å². The van der Waals surface area contributed by atoms with Gasteiger partial charge in [-0.1, -0.05) is 26.0 Å². The van der Waals surface area contributed by atoms with E-state index in [0.29, 0.717) is 6.42 Å². The van der Waals surface area contributed by atoms with Crippen LogP contribution in [0.4, 0.5) is 0 Å². The maximum absolute atomic E-state index is 10.1. The Labute approximate surface area is 92.3 Å². The molecule has 84 valence electrons. The summed E-state index contributed by atoms with van der Waals surface area (Å²) in [6, 6.07) is 7.94. The number of rotatable bonds is 5. The summed E-state index contributed by atoms with van der Waals surface area (Å²) in [4.78, 5) is 10.1. The molecule has 0 radical (unpaired) electrons. The third-order valence-electron chi connectivity index (χ3n) is 1.95. The lowest BCUT2D eigenvalue weighted by molar-refractivity contribution is -0.107. The van der Waals surface area contributed by atoms with Gasteiger partial charge in [0.25, 0.3) is 0 Å². The molecule has 0 saturated heterocycles. The minimum atomic E-state index is 0.645. The molecule has 0 aromatic heterocycles. The van der Waals surface area contributed by atoms with E-state index < -0.39 is 0 Å². The Morgan fingerprint density at radius 2 is 1.80 bits per heavy atom. The molecule has 15 heavy (non-hydrogen) atoms. The van der Waals surface area contributed by atoms with Crippen LogP contribution in [0.25, 0.3) is 0 Å². The minimum absolute atomic E-state index is 0.645. The van der Waals surface area contributed by atoms with E-state index in [4.69, 9.17) is 4.74 Å². The maximum atomic E-state index is 10.1. The average Bonchev–Trinajstić information content (AvgIpc) is 2.33. The van der Waals surface area contributed by atoms with E-state index >= 15 is 0 Å². The third kappa shape index (κ3) is 5.89. The summed E-state index contributed by atoms with van der Waals surface area (Å²) in [5.74, 6) is 0.874. The van der Waals surface area contributed by atoms with Crippen LogP contribution in [0.1, 0.15) is 32.3 Å². The molecule has 0 aliphatic carbocycles. The normalized spacial score (nSPS) is 8.73. The number of aldehydes is 1. The number of hydrogen-bond donors (Lipinski definition) is 0. The van der Waals surface area contributed by atoms with Crippen LogP contribution in [0, 0.1) is 0 Å². The maximum Gasteiger partial charge on any atom is 0.120 e. The second-order valence-electron chi connectivity index (χ2n) is 2.91. The zero-order valence-electron chi connectivity index (χ0n) is 9.82. The molecule has 1 aromatic rings. The first-order chi connectivity index (χ1) is 7.36. The fourth-order valence-corrected chi connectivity index (χ4v) is 1.18. The summed E-state index contributed by atoms with van der Waals surface area (Å²) < 4.78 is 5.04. The molecule has 0 fully saturated rings. The molecule has 0 amide bonds. The molecular weight excluding hydrogens is 188 g/mol. The number of hydrogen-bond acceptors (Lipinski definition) is 2. The Kier molecular flexibility index (Phi) is 8.44. The Morgan fingerprint density at radius 1 is 1.20 bits per heavy atom. The van der Waals surface area contributed by atoms with Gasteiger partial charge in [-0.3, -0.25) is 0 Å². The molecule has 0 saturated carbocycles. The number of aryl methyl sites for hydroxylation is 1. The number of ether oxygens (including phenoxy) is 1. The zero-order chi connectivity index (χ0) is 11.5. The van der Waals surface area contributed by atoms with E-state index in [-0.39, 0.29) is 0 Å². The molecule has 0 atom stereocenters. The molecule has 0 N–H and O–H groups in total. The van der Waals surface area contributed by atoms with Crippen LogP contribution in [0.5, 0.6) is 5.75 Å². The van der Waals surface area contributed by atoms with Gasteiger partial charge in [-0.25, -0.2) is 0 Å². The lowest BCUT2D eigenvalue weighted by Gasteiger charge is -2.01. The first-order valence-electron chi connectivity index (χ1n) is 5.43. The Balaban J connectivity index is 0.000000921. The first-order valence-corrected chi connectivity index (χ1v) is 5.43. The largest absolute Gasteiger partial charge is 0.497 e. The van der Waals surface area contributed by atoms with Crippen LogP contribution < -0.4 is 4.74 Å². The van der Waals surface area contributed by atoms with Crippen molar-refractivity contribution in [3.63, 3.8) is 0 Å². The molecule has 0 unspecified atom stereocenters. The van der Waals surface area contributed by atoms with Gasteiger partial charge >= 0.3 is 0 Å². The van der Waals surface area contributed by atoms with Gasteiger partial charge in [-0.05, 0) is 30.5 Å². The lowest BCUT2D eigenvalue weighted by atomic mass is 10.1. The molecule has 1 rings (SSSR count). The first kappa shape index (κ1) is 13.7.